The van der Waals surface area contributed by atoms with E-state index in [1.165, 1.54) is 5.56 Å². The maximum absolute atomic E-state index is 5.09. The molecule has 0 saturated heterocycles. The molecule has 0 bridgehead atoms. The van der Waals surface area contributed by atoms with Crippen LogP contribution in [0.1, 0.15) is 38.2 Å². The van der Waals surface area contributed by atoms with E-state index in [2.05, 4.69) is 66.8 Å². The molecule has 0 aromatic heterocycles. The van der Waals surface area contributed by atoms with Gasteiger partial charge in [0.15, 0.2) is 5.96 Å². The normalized spacial score (nSPS) is 12.6. The van der Waals surface area contributed by atoms with Crippen LogP contribution < -0.4 is 10.6 Å². The average Bonchev–Trinajstić information content (AvgIpc) is 2.62. The predicted molar refractivity (Wildman–Crippen MR) is 123 cm³/mol. The largest absolute Gasteiger partial charge is 0.385 e. The Labute approximate surface area is 177 Å². The van der Waals surface area contributed by atoms with Gasteiger partial charge in [-0.25, -0.2) is 0 Å². The minimum Gasteiger partial charge on any atom is -0.385 e. The Bertz CT molecular complexity index is 470. The van der Waals surface area contributed by atoms with Gasteiger partial charge >= 0.3 is 0 Å². The molecule has 1 aromatic rings. The molecule has 1 aromatic carbocycles. The van der Waals surface area contributed by atoms with E-state index in [1.807, 2.05) is 0 Å². The van der Waals surface area contributed by atoms with Gasteiger partial charge in [0.1, 0.15) is 0 Å². The van der Waals surface area contributed by atoms with Gasteiger partial charge in [0.05, 0.1) is 0 Å². The number of ether oxygens (including phenoxy) is 1. The highest BCUT2D eigenvalue weighted by atomic mass is 127. The summed E-state index contributed by atoms with van der Waals surface area (Å²) in [5.41, 5.74) is 1.38. The molecule has 1 rings (SSSR count). The van der Waals surface area contributed by atoms with E-state index < -0.39 is 0 Å². The number of rotatable bonds is 12. The Morgan fingerprint density at radius 3 is 2.58 bits per heavy atom. The van der Waals surface area contributed by atoms with Crippen LogP contribution in [0.2, 0.25) is 0 Å². The highest BCUT2D eigenvalue weighted by Gasteiger charge is 2.05. The summed E-state index contributed by atoms with van der Waals surface area (Å²) >= 11 is 0. The molecular weight excluding hydrogens is 439 g/mol. The summed E-state index contributed by atoms with van der Waals surface area (Å²) in [5, 5.41) is 6.74. The number of guanidine groups is 1. The van der Waals surface area contributed by atoms with Crippen molar-refractivity contribution in [2.75, 3.05) is 53.5 Å². The van der Waals surface area contributed by atoms with Crippen LogP contribution in [-0.2, 0) is 4.74 Å². The van der Waals surface area contributed by atoms with E-state index in [4.69, 9.17) is 9.73 Å². The van der Waals surface area contributed by atoms with Crippen molar-refractivity contribution in [3.63, 3.8) is 0 Å². The van der Waals surface area contributed by atoms with Gasteiger partial charge < -0.3 is 20.3 Å². The van der Waals surface area contributed by atoms with Gasteiger partial charge in [0, 0.05) is 46.4 Å². The molecule has 0 saturated carbocycles. The number of nitrogens with one attached hydrogen (secondary N) is 2. The maximum Gasteiger partial charge on any atom is 0.191 e. The molecule has 26 heavy (non-hydrogen) atoms. The lowest BCUT2D eigenvalue weighted by Crippen LogP contribution is -2.41. The number of likely N-dealkylation sites (N-methyl/N-ethyl adjacent to an activating group) is 1. The van der Waals surface area contributed by atoms with Crippen molar-refractivity contribution in [2.24, 2.45) is 4.99 Å². The zero-order valence-electron chi connectivity index (χ0n) is 16.8. The van der Waals surface area contributed by atoms with Gasteiger partial charge in [-0.2, -0.15) is 0 Å². The second-order valence-corrected chi connectivity index (χ2v) is 6.44. The van der Waals surface area contributed by atoms with Gasteiger partial charge in [-0.15, -0.1) is 24.0 Å². The van der Waals surface area contributed by atoms with Gasteiger partial charge in [-0.3, -0.25) is 4.99 Å². The third-order valence-corrected chi connectivity index (χ3v) is 4.22. The summed E-state index contributed by atoms with van der Waals surface area (Å²) in [6, 6.07) is 10.6. The van der Waals surface area contributed by atoms with E-state index in [1.54, 1.807) is 7.11 Å². The Balaban J connectivity index is 0.00000625. The second-order valence-electron chi connectivity index (χ2n) is 6.44. The van der Waals surface area contributed by atoms with Crippen LogP contribution in [0.3, 0.4) is 0 Å². The van der Waals surface area contributed by atoms with Crippen LogP contribution in [0.4, 0.5) is 0 Å². The number of methoxy groups -OCH3 is 1. The third-order valence-electron chi connectivity index (χ3n) is 4.22. The molecule has 0 spiro atoms. The fourth-order valence-electron chi connectivity index (χ4n) is 2.62. The molecule has 0 fully saturated rings. The summed E-state index contributed by atoms with van der Waals surface area (Å²) in [5.74, 6) is 1.44. The summed E-state index contributed by atoms with van der Waals surface area (Å²) in [6.45, 7) is 9.83. The lowest BCUT2D eigenvalue weighted by Gasteiger charge is -2.18. The molecule has 0 aliphatic heterocycles. The van der Waals surface area contributed by atoms with Gasteiger partial charge in [-0.05, 0) is 38.3 Å². The molecular formula is C20H37IN4O. The third kappa shape index (κ3) is 11.7. The van der Waals surface area contributed by atoms with Gasteiger partial charge in [0.25, 0.3) is 0 Å². The SMILES string of the molecule is CCNC(=NCCC(C)c1ccccc1)NCCN(C)CCCOC.I. The first-order valence-electron chi connectivity index (χ1n) is 9.42. The van der Waals surface area contributed by atoms with Crippen LogP contribution in [0, 0.1) is 0 Å². The van der Waals surface area contributed by atoms with Crippen molar-refractivity contribution in [1.82, 2.24) is 15.5 Å². The standard InChI is InChI=1S/C20H36N4O.HI/c1-5-21-20(23-14-16-24(3)15-9-17-25-4)22-13-12-18(2)19-10-7-6-8-11-19;/h6-8,10-11,18H,5,9,12-17H2,1-4H3,(H2,21,22,23);1H. The Morgan fingerprint density at radius 1 is 1.19 bits per heavy atom. The van der Waals surface area contributed by atoms with Crippen molar-refractivity contribution >= 4 is 29.9 Å². The average molecular weight is 476 g/mol. The van der Waals surface area contributed by atoms with Crippen LogP contribution >= 0.6 is 24.0 Å². The number of aliphatic imine (C=N–C) groups is 1. The molecule has 0 aliphatic carbocycles. The minimum atomic E-state index is 0. The topological polar surface area (TPSA) is 48.9 Å². The van der Waals surface area contributed by atoms with Crippen LogP contribution in [-0.4, -0.2) is 64.3 Å². The van der Waals surface area contributed by atoms with E-state index >= 15 is 0 Å². The Morgan fingerprint density at radius 2 is 1.92 bits per heavy atom. The molecule has 1 unspecified atom stereocenters. The first-order valence-corrected chi connectivity index (χ1v) is 9.42. The summed E-state index contributed by atoms with van der Waals surface area (Å²) in [4.78, 5) is 7.02. The fourth-order valence-corrected chi connectivity index (χ4v) is 2.62. The van der Waals surface area contributed by atoms with Crippen LogP contribution in [0.25, 0.3) is 0 Å². The zero-order valence-corrected chi connectivity index (χ0v) is 19.2. The predicted octanol–water partition coefficient (Wildman–Crippen LogP) is 3.32. The molecule has 5 nitrogen and oxygen atoms in total. The first-order chi connectivity index (χ1) is 12.2. The van der Waals surface area contributed by atoms with E-state index in [0.717, 1.165) is 58.1 Å². The summed E-state index contributed by atoms with van der Waals surface area (Å²) in [6.07, 6.45) is 2.12. The number of nitrogens with zero attached hydrogens (tertiary/aromatic N) is 2. The van der Waals surface area contributed by atoms with Crippen molar-refractivity contribution < 1.29 is 4.74 Å². The smallest absolute Gasteiger partial charge is 0.191 e. The van der Waals surface area contributed by atoms with Crippen LogP contribution in [0.5, 0.6) is 0 Å². The lowest BCUT2D eigenvalue weighted by molar-refractivity contribution is 0.180. The van der Waals surface area contributed by atoms with Crippen molar-refractivity contribution in [3.8, 4) is 0 Å². The first kappa shape index (κ1) is 25.1. The number of halogens is 1. The maximum atomic E-state index is 5.09. The Hall–Kier alpha value is -0.860. The van der Waals surface area contributed by atoms with E-state index in [0.29, 0.717) is 5.92 Å². The molecule has 150 valence electrons. The Kier molecular flexibility index (Phi) is 15.8. The minimum absolute atomic E-state index is 0. The monoisotopic (exact) mass is 476 g/mol. The molecule has 0 amide bonds. The van der Waals surface area contributed by atoms with Crippen molar-refractivity contribution in [1.29, 1.82) is 0 Å². The zero-order chi connectivity index (χ0) is 18.3. The summed E-state index contributed by atoms with van der Waals surface area (Å²) in [7, 11) is 3.89. The molecule has 2 N–H and O–H groups in total. The molecule has 0 heterocycles. The van der Waals surface area contributed by atoms with E-state index in [-0.39, 0.29) is 24.0 Å². The molecule has 0 radical (unpaired) electrons. The number of hydrogen-bond acceptors (Lipinski definition) is 3. The highest BCUT2D eigenvalue weighted by Crippen LogP contribution is 2.17. The molecule has 1 atom stereocenters. The van der Waals surface area contributed by atoms with Crippen molar-refractivity contribution in [3.05, 3.63) is 35.9 Å². The molecule has 0 aliphatic rings. The number of benzene rings is 1. The van der Waals surface area contributed by atoms with Crippen LogP contribution in [0.15, 0.2) is 35.3 Å². The number of hydrogen-bond donors (Lipinski definition) is 2. The van der Waals surface area contributed by atoms with Gasteiger partial charge in [0.2, 0.25) is 0 Å². The fraction of sp³-hybridized carbons (Fsp3) is 0.650. The second kappa shape index (κ2) is 16.3. The lowest BCUT2D eigenvalue weighted by atomic mass is 9.98. The quantitative estimate of drug-likeness (QED) is 0.210. The summed E-state index contributed by atoms with van der Waals surface area (Å²) < 4.78 is 5.09. The van der Waals surface area contributed by atoms with E-state index in [9.17, 15) is 0 Å². The van der Waals surface area contributed by atoms with Gasteiger partial charge in [-0.1, -0.05) is 37.3 Å². The van der Waals surface area contributed by atoms with Crippen molar-refractivity contribution in [2.45, 2.75) is 32.6 Å². The highest BCUT2D eigenvalue weighted by molar-refractivity contribution is 14.0. The molecule has 6 heteroatoms.